The first kappa shape index (κ1) is 10.6. The van der Waals surface area contributed by atoms with E-state index < -0.39 is 0 Å². The van der Waals surface area contributed by atoms with Gasteiger partial charge in [0.1, 0.15) is 6.54 Å². The fraction of sp³-hybridized carbons (Fsp3) is 0.100. The highest BCUT2D eigenvalue weighted by atomic mass is 32.1. The summed E-state index contributed by atoms with van der Waals surface area (Å²) in [5, 5.41) is 5.80. The minimum atomic E-state index is -0.175. The third-order valence-corrected chi connectivity index (χ3v) is 2.62. The zero-order chi connectivity index (χ0) is 11.2. The number of amides is 1. The molecule has 2 rings (SSSR count). The van der Waals surface area contributed by atoms with Crippen LogP contribution in [-0.4, -0.2) is 21.7 Å². The monoisotopic (exact) mass is 234 g/mol. The molecule has 1 amide bonds. The number of carbonyl (C=O) groups is 1. The second-order valence-corrected chi connectivity index (χ2v) is 4.02. The van der Waals surface area contributed by atoms with Gasteiger partial charge in [-0.2, -0.15) is 5.10 Å². The van der Waals surface area contributed by atoms with E-state index >= 15 is 0 Å². The fourth-order valence-electron chi connectivity index (χ4n) is 1.11. The van der Waals surface area contributed by atoms with Crippen molar-refractivity contribution in [2.45, 2.75) is 6.54 Å². The summed E-state index contributed by atoms with van der Waals surface area (Å²) in [4.78, 5) is 16.2. The molecule has 0 aliphatic carbocycles. The number of hydrogen-bond donors (Lipinski definition) is 1. The quantitative estimate of drug-likeness (QED) is 0.636. The minimum Gasteiger partial charge on any atom is -0.328 e. The molecule has 2 aromatic heterocycles. The average molecular weight is 234 g/mol. The van der Waals surface area contributed by atoms with Crippen molar-refractivity contribution in [1.82, 2.24) is 15.0 Å². The van der Waals surface area contributed by atoms with Crippen LogP contribution in [-0.2, 0) is 11.3 Å². The molecule has 0 unspecified atom stereocenters. The van der Waals surface area contributed by atoms with Gasteiger partial charge in [-0.3, -0.25) is 4.79 Å². The van der Waals surface area contributed by atoms with E-state index in [1.165, 1.54) is 0 Å². The molecule has 0 aliphatic rings. The van der Waals surface area contributed by atoms with Gasteiger partial charge in [-0.1, -0.05) is 6.07 Å². The Morgan fingerprint density at radius 3 is 3.31 bits per heavy atom. The van der Waals surface area contributed by atoms with Gasteiger partial charge < -0.3 is 4.57 Å². The van der Waals surface area contributed by atoms with Crippen molar-refractivity contribution >= 4 is 23.5 Å². The molecule has 0 radical (unpaired) electrons. The van der Waals surface area contributed by atoms with Gasteiger partial charge in [0.15, 0.2) is 0 Å². The molecule has 0 fully saturated rings. The van der Waals surface area contributed by atoms with E-state index in [2.05, 4.69) is 15.5 Å². The lowest BCUT2D eigenvalue weighted by Gasteiger charge is -1.99. The lowest BCUT2D eigenvalue weighted by atomic mass is 10.5. The molecule has 5 nitrogen and oxygen atoms in total. The van der Waals surface area contributed by atoms with Gasteiger partial charge in [-0.05, 0) is 11.4 Å². The van der Waals surface area contributed by atoms with Crippen molar-refractivity contribution in [3.8, 4) is 0 Å². The molecule has 0 aromatic carbocycles. The normalized spacial score (nSPS) is 10.8. The maximum absolute atomic E-state index is 11.4. The van der Waals surface area contributed by atoms with Crippen LogP contribution in [0.15, 0.2) is 41.3 Å². The lowest BCUT2D eigenvalue weighted by Crippen LogP contribution is -2.22. The van der Waals surface area contributed by atoms with Crippen LogP contribution < -0.4 is 5.43 Å². The Bertz CT molecular complexity index is 461. The summed E-state index contributed by atoms with van der Waals surface area (Å²) in [6.07, 6.45) is 6.56. The lowest BCUT2D eigenvalue weighted by molar-refractivity contribution is -0.121. The first-order chi connectivity index (χ1) is 7.84. The molecule has 6 heteroatoms. The number of imidazole rings is 1. The minimum absolute atomic E-state index is 0.175. The number of carbonyl (C=O) groups excluding carboxylic acids is 1. The predicted octanol–water partition coefficient (Wildman–Crippen LogP) is 1.09. The van der Waals surface area contributed by atoms with Gasteiger partial charge in [0.05, 0.1) is 12.5 Å². The first-order valence-corrected chi connectivity index (χ1v) is 5.54. The summed E-state index contributed by atoms with van der Waals surface area (Å²) in [7, 11) is 0. The molecule has 16 heavy (non-hydrogen) atoms. The summed E-state index contributed by atoms with van der Waals surface area (Å²) in [5.74, 6) is -0.175. The molecule has 2 aromatic rings. The molecular weight excluding hydrogens is 224 g/mol. The topological polar surface area (TPSA) is 59.3 Å². The van der Waals surface area contributed by atoms with Crippen molar-refractivity contribution in [2.75, 3.05) is 0 Å². The van der Waals surface area contributed by atoms with Crippen molar-refractivity contribution in [2.24, 2.45) is 5.10 Å². The first-order valence-electron chi connectivity index (χ1n) is 4.66. The number of hydrazone groups is 1. The Kier molecular flexibility index (Phi) is 3.45. The molecule has 0 saturated heterocycles. The molecular formula is C10H10N4OS. The Morgan fingerprint density at radius 2 is 2.62 bits per heavy atom. The number of hydrogen-bond acceptors (Lipinski definition) is 4. The highest BCUT2D eigenvalue weighted by Gasteiger charge is 1.99. The third-order valence-electron chi connectivity index (χ3n) is 1.81. The van der Waals surface area contributed by atoms with Crippen LogP contribution in [0.3, 0.4) is 0 Å². The van der Waals surface area contributed by atoms with Crippen LogP contribution >= 0.6 is 11.3 Å². The Labute approximate surface area is 96.4 Å². The van der Waals surface area contributed by atoms with Crippen LogP contribution in [0, 0.1) is 0 Å². The van der Waals surface area contributed by atoms with Crippen LogP contribution in [0.5, 0.6) is 0 Å². The predicted molar refractivity (Wildman–Crippen MR) is 62.3 cm³/mol. The third kappa shape index (κ3) is 3.03. The highest BCUT2D eigenvalue weighted by molar-refractivity contribution is 7.11. The van der Waals surface area contributed by atoms with Gasteiger partial charge in [0, 0.05) is 17.3 Å². The molecule has 0 spiro atoms. The molecule has 1 N–H and O–H groups in total. The molecule has 2 heterocycles. The maximum atomic E-state index is 11.4. The largest absolute Gasteiger partial charge is 0.328 e. The van der Waals surface area contributed by atoms with E-state index in [1.54, 1.807) is 40.8 Å². The van der Waals surface area contributed by atoms with Crippen LogP contribution in [0.25, 0.3) is 0 Å². The van der Waals surface area contributed by atoms with Crippen LogP contribution in [0.2, 0.25) is 0 Å². The highest BCUT2D eigenvalue weighted by Crippen LogP contribution is 2.03. The second kappa shape index (κ2) is 5.22. The summed E-state index contributed by atoms with van der Waals surface area (Å²) in [6.45, 7) is 0.224. The van der Waals surface area contributed by atoms with Crippen molar-refractivity contribution in [3.05, 3.63) is 41.1 Å². The number of thiophene rings is 1. The number of aromatic nitrogens is 2. The van der Waals surface area contributed by atoms with Gasteiger partial charge in [-0.15, -0.1) is 11.3 Å². The van der Waals surface area contributed by atoms with Crippen LogP contribution in [0.1, 0.15) is 4.88 Å². The average Bonchev–Trinajstić information content (AvgIpc) is 2.90. The summed E-state index contributed by atoms with van der Waals surface area (Å²) >= 11 is 1.56. The van der Waals surface area contributed by atoms with Crippen molar-refractivity contribution in [3.63, 3.8) is 0 Å². The van der Waals surface area contributed by atoms with E-state index in [4.69, 9.17) is 0 Å². The van der Waals surface area contributed by atoms with E-state index in [-0.39, 0.29) is 12.5 Å². The zero-order valence-corrected chi connectivity index (χ0v) is 9.22. The number of rotatable bonds is 4. The number of nitrogens with zero attached hydrogens (tertiary/aromatic N) is 3. The van der Waals surface area contributed by atoms with Gasteiger partial charge in [0.2, 0.25) is 0 Å². The van der Waals surface area contributed by atoms with E-state index in [1.807, 2.05) is 17.5 Å². The summed E-state index contributed by atoms with van der Waals surface area (Å²) in [6, 6.07) is 3.86. The summed E-state index contributed by atoms with van der Waals surface area (Å²) < 4.78 is 1.68. The van der Waals surface area contributed by atoms with Gasteiger partial charge in [0.25, 0.3) is 5.91 Å². The molecule has 82 valence electrons. The SMILES string of the molecule is O=C(Cn1ccnc1)N/N=C\c1cccs1. The van der Waals surface area contributed by atoms with Gasteiger partial charge in [-0.25, -0.2) is 10.4 Å². The molecule has 0 saturated carbocycles. The van der Waals surface area contributed by atoms with E-state index in [9.17, 15) is 4.79 Å². The standard InChI is InChI=1S/C10H10N4OS/c15-10(7-14-4-3-11-8-14)13-12-6-9-2-1-5-16-9/h1-6,8H,7H2,(H,13,15)/b12-6-. The van der Waals surface area contributed by atoms with Crippen molar-refractivity contribution < 1.29 is 4.79 Å². The van der Waals surface area contributed by atoms with Crippen LogP contribution in [0.4, 0.5) is 0 Å². The van der Waals surface area contributed by atoms with Crippen molar-refractivity contribution in [1.29, 1.82) is 0 Å². The zero-order valence-electron chi connectivity index (χ0n) is 8.41. The Balaban J connectivity index is 1.80. The fourth-order valence-corrected chi connectivity index (χ4v) is 1.70. The maximum Gasteiger partial charge on any atom is 0.260 e. The molecule has 0 atom stereocenters. The Hall–Kier alpha value is -1.95. The summed E-state index contributed by atoms with van der Waals surface area (Å²) in [5.41, 5.74) is 2.45. The molecule has 0 bridgehead atoms. The number of nitrogens with one attached hydrogen (secondary N) is 1. The Morgan fingerprint density at radius 1 is 1.69 bits per heavy atom. The second-order valence-electron chi connectivity index (χ2n) is 3.04. The smallest absolute Gasteiger partial charge is 0.260 e. The molecule has 0 aliphatic heterocycles. The van der Waals surface area contributed by atoms with E-state index in [0.29, 0.717) is 0 Å². The van der Waals surface area contributed by atoms with Gasteiger partial charge >= 0.3 is 0 Å². The van der Waals surface area contributed by atoms with E-state index in [0.717, 1.165) is 4.88 Å².